The van der Waals surface area contributed by atoms with Crippen LogP contribution in [0.3, 0.4) is 0 Å². The van der Waals surface area contributed by atoms with E-state index in [1.165, 1.54) is 13.2 Å². The van der Waals surface area contributed by atoms with Crippen LogP contribution in [-0.4, -0.2) is 24.2 Å². The van der Waals surface area contributed by atoms with E-state index in [1.54, 1.807) is 20.2 Å². The minimum atomic E-state index is -0.335. The maximum Gasteiger partial charge on any atom is 0.216 e. The SMILES string of the molecule is CC.CC.COc1ncc(F)cc1C.COc1ncccc1C. The van der Waals surface area contributed by atoms with Crippen LogP contribution in [-0.2, 0) is 0 Å². The van der Waals surface area contributed by atoms with Crippen molar-refractivity contribution in [2.24, 2.45) is 0 Å². The van der Waals surface area contributed by atoms with E-state index < -0.39 is 0 Å². The van der Waals surface area contributed by atoms with E-state index in [9.17, 15) is 4.39 Å². The molecule has 0 aromatic carbocycles. The number of halogens is 1. The van der Waals surface area contributed by atoms with Gasteiger partial charge in [-0.25, -0.2) is 14.4 Å². The van der Waals surface area contributed by atoms with Gasteiger partial charge in [0.05, 0.1) is 20.4 Å². The Morgan fingerprint density at radius 1 is 0.870 bits per heavy atom. The zero-order chi connectivity index (χ0) is 18.3. The number of pyridine rings is 2. The zero-order valence-electron chi connectivity index (χ0n) is 15.5. The minimum Gasteiger partial charge on any atom is -0.481 e. The van der Waals surface area contributed by atoms with Crippen molar-refractivity contribution >= 4 is 0 Å². The number of rotatable bonds is 2. The van der Waals surface area contributed by atoms with Crippen LogP contribution in [0.15, 0.2) is 30.6 Å². The summed E-state index contributed by atoms with van der Waals surface area (Å²) in [6.45, 7) is 11.7. The Bertz CT molecular complexity index is 534. The molecule has 23 heavy (non-hydrogen) atoms. The summed E-state index contributed by atoms with van der Waals surface area (Å²) in [6, 6.07) is 5.23. The molecule has 4 nitrogen and oxygen atoms in total. The third-order valence-corrected chi connectivity index (χ3v) is 2.34. The van der Waals surface area contributed by atoms with Gasteiger partial charge in [0.15, 0.2) is 0 Å². The molecule has 0 N–H and O–H groups in total. The average molecular weight is 324 g/mol. The number of ether oxygens (including phenoxy) is 2. The van der Waals surface area contributed by atoms with Crippen molar-refractivity contribution < 1.29 is 13.9 Å². The summed E-state index contributed by atoms with van der Waals surface area (Å²) in [5, 5.41) is 0. The Hall–Kier alpha value is -2.17. The first-order chi connectivity index (χ1) is 11.1. The van der Waals surface area contributed by atoms with E-state index in [1.807, 2.05) is 46.8 Å². The second-order valence-corrected chi connectivity index (χ2v) is 3.81. The van der Waals surface area contributed by atoms with Gasteiger partial charge in [-0.1, -0.05) is 33.8 Å². The van der Waals surface area contributed by atoms with Crippen LogP contribution in [0.1, 0.15) is 38.8 Å². The first-order valence-electron chi connectivity index (χ1n) is 7.70. The van der Waals surface area contributed by atoms with E-state index in [4.69, 9.17) is 9.47 Å². The predicted octanol–water partition coefficient (Wildman–Crippen LogP) is 4.99. The fourth-order valence-electron chi connectivity index (χ4n) is 1.43. The molecule has 5 heteroatoms. The van der Waals surface area contributed by atoms with Gasteiger partial charge in [0, 0.05) is 17.3 Å². The molecule has 0 saturated carbocycles. The molecule has 0 aliphatic carbocycles. The second kappa shape index (κ2) is 14.8. The maximum atomic E-state index is 12.4. The van der Waals surface area contributed by atoms with Gasteiger partial charge >= 0.3 is 0 Å². The molecule has 2 rings (SSSR count). The maximum absolute atomic E-state index is 12.4. The number of hydrogen-bond donors (Lipinski definition) is 0. The highest BCUT2D eigenvalue weighted by Crippen LogP contribution is 2.12. The molecule has 130 valence electrons. The highest BCUT2D eigenvalue weighted by atomic mass is 19.1. The van der Waals surface area contributed by atoms with Crippen LogP contribution < -0.4 is 9.47 Å². The molecular formula is C18H29FN2O2. The lowest BCUT2D eigenvalue weighted by Crippen LogP contribution is -1.91. The van der Waals surface area contributed by atoms with Gasteiger partial charge in [0.2, 0.25) is 11.8 Å². The Balaban J connectivity index is 0. The minimum absolute atomic E-state index is 0.335. The van der Waals surface area contributed by atoms with Crippen molar-refractivity contribution in [3.63, 3.8) is 0 Å². The van der Waals surface area contributed by atoms with Gasteiger partial charge in [0.1, 0.15) is 5.82 Å². The van der Waals surface area contributed by atoms with Gasteiger partial charge in [-0.2, -0.15) is 0 Å². The van der Waals surface area contributed by atoms with E-state index >= 15 is 0 Å². The summed E-state index contributed by atoms with van der Waals surface area (Å²) in [7, 11) is 3.13. The molecule has 0 amide bonds. The Morgan fingerprint density at radius 3 is 1.78 bits per heavy atom. The lowest BCUT2D eigenvalue weighted by atomic mass is 10.3. The second-order valence-electron chi connectivity index (χ2n) is 3.81. The first kappa shape index (κ1) is 23.1. The van der Waals surface area contributed by atoms with Gasteiger partial charge in [-0.15, -0.1) is 0 Å². The average Bonchev–Trinajstić information content (AvgIpc) is 2.60. The highest BCUT2D eigenvalue weighted by molar-refractivity contribution is 5.24. The van der Waals surface area contributed by atoms with Crippen LogP contribution in [0.4, 0.5) is 4.39 Å². The molecule has 0 atom stereocenters. The van der Waals surface area contributed by atoms with Crippen molar-refractivity contribution in [1.82, 2.24) is 9.97 Å². The van der Waals surface area contributed by atoms with E-state index in [0.29, 0.717) is 17.3 Å². The highest BCUT2D eigenvalue weighted by Gasteiger charge is 1.98. The lowest BCUT2D eigenvalue weighted by Gasteiger charge is -2.00. The summed E-state index contributed by atoms with van der Waals surface area (Å²) in [6.07, 6.45) is 2.84. The van der Waals surface area contributed by atoms with E-state index in [-0.39, 0.29) is 5.82 Å². The molecule has 0 radical (unpaired) electrons. The number of methoxy groups -OCH3 is 2. The van der Waals surface area contributed by atoms with Gasteiger partial charge < -0.3 is 9.47 Å². The predicted molar refractivity (Wildman–Crippen MR) is 93.7 cm³/mol. The van der Waals surface area contributed by atoms with E-state index in [0.717, 1.165) is 11.8 Å². The number of aromatic nitrogens is 2. The monoisotopic (exact) mass is 324 g/mol. The standard InChI is InChI=1S/C7H8FNO.C7H9NO.2C2H6/c1-5-3-6(8)4-9-7(5)10-2;1-6-4-3-5-8-7(6)9-2;2*1-2/h3-4H,1-2H3;3-5H,1-2H3;2*1-2H3. The fourth-order valence-corrected chi connectivity index (χ4v) is 1.43. The van der Waals surface area contributed by atoms with Gasteiger partial charge in [-0.3, -0.25) is 0 Å². The molecule has 0 aliphatic rings. The first-order valence-corrected chi connectivity index (χ1v) is 7.70. The third-order valence-electron chi connectivity index (χ3n) is 2.34. The van der Waals surface area contributed by atoms with Crippen LogP contribution in [0, 0.1) is 19.7 Å². The summed E-state index contributed by atoms with van der Waals surface area (Å²) in [5.41, 5.74) is 1.78. The molecule has 0 bridgehead atoms. The smallest absolute Gasteiger partial charge is 0.216 e. The van der Waals surface area contributed by atoms with Crippen LogP contribution in [0.25, 0.3) is 0 Å². The molecule has 2 aromatic rings. The summed E-state index contributed by atoms with van der Waals surface area (Å²) >= 11 is 0. The number of aryl methyl sites for hydroxylation is 2. The molecule has 0 fully saturated rings. The topological polar surface area (TPSA) is 44.2 Å². The van der Waals surface area contributed by atoms with Crippen LogP contribution in [0.2, 0.25) is 0 Å². The molecule has 0 aliphatic heterocycles. The largest absolute Gasteiger partial charge is 0.481 e. The van der Waals surface area contributed by atoms with Crippen molar-refractivity contribution in [1.29, 1.82) is 0 Å². The molecule has 0 unspecified atom stereocenters. The summed E-state index contributed by atoms with van der Waals surface area (Å²) in [5.74, 6) is 0.845. The molecule has 2 heterocycles. The lowest BCUT2D eigenvalue weighted by molar-refractivity contribution is 0.392. The van der Waals surface area contributed by atoms with E-state index in [2.05, 4.69) is 9.97 Å². The summed E-state index contributed by atoms with van der Waals surface area (Å²) in [4.78, 5) is 7.67. The molecule has 2 aromatic heterocycles. The van der Waals surface area contributed by atoms with Crippen LogP contribution >= 0.6 is 0 Å². The van der Waals surface area contributed by atoms with Gasteiger partial charge in [-0.05, 0) is 26.0 Å². The normalized spacial score (nSPS) is 8.22. The summed E-state index contributed by atoms with van der Waals surface area (Å²) < 4.78 is 22.1. The Kier molecular flexibility index (Phi) is 14.8. The Morgan fingerprint density at radius 2 is 1.39 bits per heavy atom. The zero-order valence-corrected chi connectivity index (χ0v) is 15.5. The van der Waals surface area contributed by atoms with Crippen molar-refractivity contribution in [3.05, 3.63) is 47.5 Å². The molecule has 0 saturated heterocycles. The van der Waals surface area contributed by atoms with Crippen LogP contribution in [0.5, 0.6) is 11.8 Å². The van der Waals surface area contributed by atoms with Crippen molar-refractivity contribution in [2.75, 3.05) is 14.2 Å². The molecule has 0 spiro atoms. The fraction of sp³-hybridized carbons (Fsp3) is 0.444. The number of nitrogens with zero attached hydrogens (tertiary/aromatic N) is 2. The van der Waals surface area contributed by atoms with Crippen molar-refractivity contribution in [3.8, 4) is 11.8 Å². The quantitative estimate of drug-likeness (QED) is 0.780. The number of hydrogen-bond acceptors (Lipinski definition) is 4. The third kappa shape index (κ3) is 9.45. The Labute approximate surface area is 139 Å². The van der Waals surface area contributed by atoms with Gasteiger partial charge in [0.25, 0.3) is 0 Å². The molecular weight excluding hydrogens is 295 g/mol. The van der Waals surface area contributed by atoms with Crippen molar-refractivity contribution in [2.45, 2.75) is 41.5 Å².